The van der Waals surface area contributed by atoms with Gasteiger partial charge < -0.3 is 15.4 Å². The zero-order valence-electron chi connectivity index (χ0n) is 15.1. The Bertz CT molecular complexity index is 960. The van der Waals surface area contributed by atoms with Crippen LogP contribution in [0.15, 0.2) is 60.8 Å². The molecule has 0 aliphatic rings. The topological polar surface area (TPSA) is 63.2 Å². The quantitative estimate of drug-likeness (QED) is 0.636. The van der Waals surface area contributed by atoms with E-state index in [4.69, 9.17) is 16.3 Å². The number of rotatable bonds is 6. The molecule has 1 aromatic heterocycles. The van der Waals surface area contributed by atoms with Crippen LogP contribution in [-0.4, -0.2) is 18.0 Å². The maximum absolute atomic E-state index is 12.5. The van der Waals surface area contributed by atoms with Crippen molar-refractivity contribution in [1.29, 1.82) is 0 Å². The van der Waals surface area contributed by atoms with Crippen molar-refractivity contribution in [3.8, 4) is 5.75 Å². The number of hydrogen-bond donors (Lipinski definition) is 2. The lowest BCUT2D eigenvalue weighted by Gasteiger charge is -2.12. The summed E-state index contributed by atoms with van der Waals surface area (Å²) in [5.74, 6) is 0.523. The van der Waals surface area contributed by atoms with Crippen LogP contribution in [0.25, 0.3) is 0 Å². The van der Waals surface area contributed by atoms with E-state index in [0.717, 1.165) is 22.6 Å². The molecule has 0 fully saturated rings. The van der Waals surface area contributed by atoms with E-state index in [1.54, 1.807) is 31.5 Å². The Balaban J connectivity index is 1.71. The third kappa shape index (κ3) is 4.57. The van der Waals surface area contributed by atoms with Gasteiger partial charge >= 0.3 is 0 Å². The zero-order chi connectivity index (χ0) is 19.2. The molecule has 0 aliphatic carbocycles. The van der Waals surface area contributed by atoms with Crippen molar-refractivity contribution in [2.24, 2.45) is 0 Å². The first-order chi connectivity index (χ1) is 13.1. The predicted octanol–water partition coefficient (Wildman–Crippen LogP) is 4.92. The number of hydrogen-bond acceptors (Lipinski definition) is 4. The van der Waals surface area contributed by atoms with Gasteiger partial charge in [-0.05, 0) is 42.8 Å². The van der Waals surface area contributed by atoms with Crippen molar-refractivity contribution in [3.63, 3.8) is 0 Å². The molecule has 138 valence electrons. The van der Waals surface area contributed by atoms with Crippen LogP contribution in [0.4, 0.5) is 11.4 Å². The van der Waals surface area contributed by atoms with Crippen molar-refractivity contribution in [1.82, 2.24) is 4.98 Å². The van der Waals surface area contributed by atoms with Gasteiger partial charge in [0.25, 0.3) is 5.91 Å². The van der Waals surface area contributed by atoms with E-state index in [0.29, 0.717) is 22.9 Å². The summed E-state index contributed by atoms with van der Waals surface area (Å²) in [5, 5.41) is 6.75. The van der Waals surface area contributed by atoms with Gasteiger partial charge in [0, 0.05) is 34.7 Å². The molecule has 5 nitrogen and oxygen atoms in total. The minimum Gasteiger partial charge on any atom is -0.496 e. The van der Waals surface area contributed by atoms with Gasteiger partial charge in [-0.2, -0.15) is 0 Å². The zero-order valence-corrected chi connectivity index (χ0v) is 15.9. The minimum atomic E-state index is -0.290. The molecule has 0 spiro atoms. The molecule has 0 saturated carbocycles. The van der Waals surface area contributed by atoms with E-state index < -0.39 is 0 Å². The number of nitrogens with one attached hydrogen (secondary N) is 2. The summed E-state index contributed by atoms with van der Waals surface area (Å²) in [6.07, 6.45) is 1.60. The van der Waals surface area contributed by atoms with Gasteiger partial charge in [0.1, 0.15) is 11.4 Å². The maximum Gasteiger partial charge on any atom is 0.274 e. The lowest BCUT2D eigenvalue weighted by atomic mass is 10.2. The lowest BCUT2D eigenvalue weighted by Crippen LogP contribution is -2.15. The molecule has 2 aromatic carbocycles. The normalized spacial score (nSPS) is 10.3. The number of aromatic nitrogens is 1. The second-order valence-electron chi connectivity index (χ2n) is 5.96. The van der Waals surface area contributed by atoms with Gasteiger partial charge in [0.05, 0.1) is 7.11 Å². The summed E-state index contributed by atoms with van der Waals surface area (Å²) in [5.41, 5.74) is 3.63. The molecule has 3 rings (SSSR count). The average Bonchev–Trinajstić information content (AvgIpc) is 2.70. The molecular weight excluding hydrogens is 362 g/mol. The molecule has 3 aromatic rings. The largest absolute Gasteiger partial charge is 0.496 e. The van der Waals surface area contributed by atoms with Gasteiger partial charge in [-0.25, -0.2) is 0 Å². The fraction of sp³-hybridized carbons (Fsp3) is 0.143. The van der Waals surface area contributed by atoms with Crippen LogP contribution in [0.5, 0.6) is 5.75 Å². The Labute approximate surface area is 163 Å². The molecule has 1 heterocycles. The van der Waals surface area contributed by atoms with E-state index >= 15 is 0 Å². The van der Waals surface area contributed by atoms with Crippen LogP contribution in [-0.2, 0) is 6.54 Å². The summed E-state index contributed by atoms with van der Waals surface area (Å²) < 4.78 is 5.36. The highest BCUT2D eigenvalue weighted by Crippen LogP contribution is 2.24. The standard InChI is InChI=1S/C21H20ClN3O2/c1-14-17(22)7-5-8-18(14)25-21(26)19-12-16(10-11-23-19)24-13-15-6-3-4-9-20(15)27-2/h3-12H,13H2,1-2H3,(H,23,24)(H,25,26). The molecular formula is C21H20ClN3O2. The molecule has 27 heavy (non-hydrogen) atoms. The molecule has 0 atom stereocenters. The molecule has 2 N–H and O–H groups in total. The molecule has 0 aliphatic heterocycles. The highest BCUT2D eigenvalue weighted by Gasteiger charge is 2.11. The molecule has 0 bridgehead atoms. The summed E-state index contributed by atoms with van der Waals surface area (Å²) in [4.78, 5) is 16.7. The number of ether oxygens (including phenoxy) is 1. The summed E-state index contributed by atoms with van der Waals surface area (Å²) in [6.45, 7) is 2.43. The monoisotopic (exact) mass is 381 g/mol. The fourth-order valence-corrected chi connectivity index (χ4v) is 2.81. The second kappa shape index (κ2) is 8.56. The number of carbonyl (C=O) groups excluding carboxylic acids is 1. The SMILES string of the molecule is COc1ccccc1CNc1ccnc(C(=O)Nc2cccc(Cl)c2C)c1. The van der Waals surface area contributed by atoms with E-state index in [1.807, 2.05) is 43.3 Å². The van der Waals surface area contributed by atoms with Gasteiger partial charge in [0.15, 0.2) is 0 Å². The number of benzene rings is 2. The first kappa shape index (κ1) is 18.7. The third-order valence-electron chi connectivity index (χ3n) is 4.18. The highest BCUT2D eigenvalue weighted by atomic mass is 35.5. The Hall–Kier alpha value is -3.05. The van der Waals surface area contributed by atoms with Crippen LogP contribution in [0, 0.1) is 6.92 Å². The first-order valence-corrected chi connectivity index (χ1v) is 8.84. The number of nitrogens with zero attached hydrogens (tertiary/aromatic N) is 1. The fourth-order valence-electron chi connectivity index (χ4n) is 2.64. The maximum atomic E-state index is 12.5. The summed E-state index contributed by atoms with van der Waals surface area (Å²) in [6, 6.07) is 16.7. The van der Waals surface area contributed by atoms with Crippen molar-refractivity contribution >= 4 is 28.9 Å². The average molecular weight is 382 g/mol. The van der Waals surface area contributed by atoms with Gasteiger partial charge in [0.2, 0.25) is 0 Å². The molecule has 0 saturated heterocycles. The van der Waals surface area contributed by atoms with Gasteiger partial charge in [-0.3, -0.25) is 9.78 Å². The predicted molar refractivity (Wildman–Crippen MR) is 109 cm³/mol. The molecule has 6 heteroatoms. The van der Waals surface area contributed by atoms with Gasteiger partial charge in [-0.15, -0.1) is 0 Å². The Morgan fingerprint density at radius 2 is 1.96 bits per heavy atom. The number of amides is 1. The number of halogens is 1. The van der Waals surface area contributed by atoms with Crippen LogP contribution in [0.1, 0.15) is 21.6 Å². The smallest absolute Gasteiger partial charge is 0.274 e. The van der Waals surface area contributed by atoms with Crippen molar-refractivity contribution in [3.05, 3.63) is 82.6 Å². The van der Waals surface area contributed by atoms with Crippen LogP contribution < -0.4 is 15.4 Å². The molecule has 1 amide bonds. The number of anilines is 2. The summed E-state index contributed by atoms with van der Waals surface area (Å²) in [7, 11) is 1.64. The van der Waals surface area contributed by atoms with Crippen molar-refractivity contribution in [2.75, 3.05) is 17.7 Å². The van der Waals surface area contributed by atoms with Crippen LogP contribution in [0.2, 0.25) is 5.02 Å². The van der Waals surface area contributed by atoms with Crippen LogP contribution >= 0.6 is 11.6 Å². The lowest BCUT2D eigenvalue weighted by molar-refractivity contribution is 0.102. The Morgan fingerprint density at radius 1 is 1.15 bits per heavy atom. The Morgan fingerprint density at radius 3 is 2.78 bits per heavy atom. The van der Waals surface area contributed by atoms with E-state index in [9.17, 15) is 4.79 Å². The Kier molecular flexibility index (Phi) is 5.94. The third-order valence-corrected chi connectivity index (χ3v) is 4.59. The number of methoxy groups -OCH3 is 1. The van der Waals surface area contributed by atoms with Gasteiger partial charge in [-0.1, -0.05) is 35.9 Å². The van der Waals surface area contributed by atoms with Crippen LogP contribution in [0.3, 0.4) is 0 Å². The van der Waals surface area contributed by atoms with E-state index in [1.165, 1.54) is 0 Å². The second-order valence-corrected chi connectivity index (χ2v) is 6.37. The number of pyridine rings is 1. The van der Waals surface area contributed by atoms with Crippen molar-refractivity contribution < 1.29 is 9.53 Å². The highest BCUT2D eigenvalue weighted by molar-refractivity contribution is 6.31. The van der Waals surface area contributed by atoms with Crippen molar-refractivity contribution in [2.45, 2.75) is 13.5 Å². The first-order valence-electron chi connectivity index (χ1n) is 8.47. The molecule has 0 unspecified atom stereocenters. The minimum absolute atomic E-state index is 0.290. The van der Waals surface area contributed by atoms with E-state index in [-0.39, 0.29) is 5.91 Å². The molecule has 0 radical (unpaired) electrons. The number of para-hydroxylation sites is 1. The summed E-state index contributed by atoms with van der Waals surface area (Å²) >= 11 is 6.11. The number of carbonyl (C=O) groups is 1. The van der Waals surface area contributed by atoms with E-state index in [2.05, 4.69) is 15.6 Å².